The molecule has 0 unspecified atom stereocenters. The van der Waals surface area contributed by atoms with Crippen molar-refractivity contribution in [1.29, 1.82) is 0 Å². The SMILES string of the molecule is Nc1ccc2c(c1)CCc1cc(=O)n(CCCC(=O)O)nc1-2. The smallest absolute Gasteiger partial charge is 0.303 e. The Kier molecular flexibility index (Phi) is 3.66. The number of anilines is 1. The van der Waals surface area contributed by atoms with Crippen molar-refractivity contribution in [2.75, 3.05) is 5.73 Å². The molecular formula is C16H17N3O3. The molecule has 0 amide bonds. The first-order chi connectivity index (χ1) is 10.5. The Hall–Kier alpha value is -2.63. The molecule has 0 atom stereocenters. The molecule has 0 aliphatic heterocycles. The van der Waals surface area contributed by atoms with Gasteiger partial charge in [0.2, 0.25) is 0 Å². The third-order valence-electron chi connectivity index (χ3n) is 3.89. The summed E-state index contributed by atoms with van der Waals surface area (Å²) in [6.45, 7) is 0.308. The van der Waals surface area contributed by atoms with Crippen LogP contribution >= 0.6 is 0 Å². The molecule has 0 radical (unpaired) electrons. The van der Waals surface area contributed by atoms with E-state index in [-0.39, 0.29) is 12.0 Å². The van der Waals surface area contributed by atoms with Gasteiger partial charge in [0.25, 0.3) is 5.56 Å². The third-order valence-corrected chi connectivity index (χ3v) is 3.89. The van der Waals surface area contributed by atoms with Crippen molar-refractivity contribution in [3.63, 3.8) is 0 Å². The van der Waals surface area contributed by atoms with Gasteiger partial charge in [-0.2, -0.15) is 5.10 Å². The molecule has 0 bridgehead atoms. The fraction of sp³-hybridized carbons (Fsp3) is 0.312. The number of hydrogen-bond donors (Lipinski definition) is 2. The number of aryl methyl sites for hydroxylation is 3. The van der Waals surface area contributed by atoms with Crippen molar-refractivity contribution in [3.8, 4) is 11.3 Å². The van der Waals surface area contributed by atoms with Gasteiger partial charge in [0.05, 0.1) is 5.69 Å². The predicted octanol–water partition coefficient (Wildman–Crippen LogP) is 1.46. The number of nitrogen functional groups attached to an aromatic ring is 1. The van der Waals surface area contributed by atoms with E-state index in [1.54, 1.807) is 6.07 Å². The molecule has 1 heterocycles. The number of carboxylic acids is 1. The van der Waals surface area contributed by atoms with Crippen molar-refractivity contribution in [1.82, 2.24) is 9.78 Å². The molecule has 1 aliphatic carbocycles. The van der Waals surface area contributed by atoms with E-state index >= 15 is 0 Å². The average molecular weight is 299 g/mol. The van der Waals surface area contributed by atoms with E-state index in [1.165, 1.54) is 4.68 Å². The van der Waals surface area contributed by atoms with E-state index in [4.69, 9.17) is 10.8 Å². The molecule has 0 fully saturated rings. The number of carbonyl (C=O) groups is 1. The summed E-state index contributed by atoms with van der Waals surface area (Å²) in [5, 5.41) is 13.1. The number of carboxylic acid groups (broad SMARTS) is 1. The Balaban J connectivity index is 1.97. The minimum Gasteiger partial charge on any atom is -0.481 e. The predicted molar refractivity (Wildman–Crippen MR) is 82.6 cm³/mol. The van der Waals surface area contributed by atoms with Gasteiger partial charge in [0, 0.05) is 30.3 Å². The minimum absolute atomic E-state index is 0.0261. The van der Waals surface area contributed by atoms with Crippen LogP contribution in [0.5, 0.6) is 0 Å². The van der Waals surface area contributed by atoms with Crippen molar-refractivity contribution >= 4 is 11.7 Å². The molecule has 1 aliphatic rings. The van der Waals surface area contributed by atoms with Gasteiger partial charge < -0.3 is 10.8 Å². The quantitative estimate of drug-likeness (QED) is 0.833. The van der Waals surface area contributed by atoms with E-state index in [0.717, 1.165) is 40.9 Å². The maximum absolute atomic E-state index is 12.1. The van der Waals surface area contributed by atoms with E-state index in [2.05, 4.69) is 5.10 Å². The van der Waals surface area contributed by atoms with Crippen LogP contribution in [0.3, 0.4) is 0 Å². The highest BCUT2D eigenvalue weighted by atomic mass is 16.4. The van der Waals surface area contributed by atoms with Crippen molar-refractivity contribution < 1.29 is 9.90 Å². The van der Waals surface area contributed by atoms with E-state index in [9.17, 15) is 9.59 Å². The zero-order chi connectivity index (χ0) is 15.7. The summed E-state index contributed by atoms with van der Waals surface area (Å²) in [6, 6.07) is 7.32. The van der Waals surface area contributed by atoms with Crippen LogP contribution in [0, 0.1) is 0 Å². The Morgan fingerprint density at radius 3 is 2.82 bits per heavy atom. The monoisotopic (exact) mass is 299 g/mol. The minimum atomic E-state index is -0.869. The summed E-state index contributed by atoms with van der Waals surface area (Å²) in [5.41, 5.74) is 10.2. The van der Waals surface area contributed by atoms with Gasteiger partial charge in [0.15, 0.2) is 0 Å². The standard InChI is InChI=1S/C16H17N3O3/c17-12-5-6-13-10(8-12)3-4-11-9-14(20)19(18-16(11)13)7-1-2-15(21)22/h5-6,8-9H,1-4,7,17H2,(H,21,22). The zero-order valence-corrected chi connectivity index (χ0v) is 12.1. The molecular weight excluding hydrogens is 282 g/mol. The first kappa shape index (κ1) is 14.3. The maximum Gasteiger partial charge on any atom is 0.303 e. The summed E-state index contributed by atoms with van der Waals surface area (Å²) in [7, 11) is 0. The lowest BCUT2D eigenvalue weighted by atomic mass is 9.89. The second-order valence-electron chi connectivity index (χ2n) is 5.49. The Bertz CT molecular complexity index is 796. The van der Waals surface area contributed by atoms with Gasteiger partial charge in [0.1, 0.15) is 0 Å². The number of aliphatic carboxylic acids is 1. The van der Waals surface area contributed by atoms with Crippen LogP contribution in [-0.4, -0.2) is 20.9 Å². The summed E-state index contributed by atoms with van der Waals surface area (Å²) >= 11 is 0. The van der Waals surface area contributed by atoms with Crippen molar-refractivity contribution in [2.45, 2.75) is 32.2 Å². The first-order valence-corrected chi connectivity index (χ1v) is 7.26. The van der Waals surface area contributed by atoms with Gasteiger partial charge in [-0.15, -0.1) is 0 Å². The highest BCUT2D eigenvalue weighted by Crippen LogP contribution is 2.32. The van der Waals surface area contributed by atoms with Gasteiger partial charge in [-0.05, 0) is 42.5 Å². The lowest BCUT2D eigenvalue weighted by molar-refractivity contribution is -0.137. The Morgan fingerprint density at radius 1 is 1.27 bits per heavy atom. The fourth-order valence-electron chi connectivity index (χ4n) is 2.80. The molecule has 0 spiro atoms. The molecule has 22 heavy (non-hydrogen) atoms. The molecule has 3 rings (SSSR count). The summed E-state index contributed by atoms with van der Waals surface area (Å²) in [4.78, 5) is 22.6. The number of aromatic nitrogens is 2. The van der Waals surface area contributed by atoms with Gasteiger partial charge >= 0.3 is 5.97 Å². The van der Waals surface area contributed by atoms with Crippen molar-refractivity contribution in [2.24, 2.45) is 0 Å². The number of nitrogens with two attached hydrogens (primary N) is 1. The molecule has 0 saturated heterocycles. The van der Waals surface area contributed by atoms with Crippen LogP contribution < -0.4 is 11.3 Å². The normalized spacial score (nSPS) is 12.5. The highest BCUT2D eigenvalue weighted by molar-refractivity contribution is 5.71. The molecule has 1 aromatic carbocycles. The first-order valence-electron chi connectivity index (χ1n) is 7.26. The van der Waals surface area contributed by atoms with E-state index in [0.29, 0.717) is 13.0 Å². The van der Waals surface area contributed by atoms with Crippen molar-refractivity contribution in [3.05, 3.63) is 45.7 Å². The molecule has 1 aromatic heterocycles. The van der Waals surface area contributed by atoms with E-state index < -0.39 is 5.97 Å². The molecule has 2 aromatic rings. The number of rotatable bonds is 4. The lowest BCUT2D eigenvalue weighted by Gasteiger charge is -2.20. The van der Waals surface area contributed by atoms with Gasteiger partial charge in [-0.3, -0.25) is 9.59 Å². The van der Waals surface area contributed by atoms with Crippen LogP contribution in [0.1, 0.15) is 24.0 Å². The summed E-state index contributed by atoms with van der Waals surface area (Å²) in [6.07, 6.45) is 2.02. The maximum atomic E-state index is 12.1. The zero-order valence-electron chi connectivity index (χ0n) is 12.1. The molecule has 114 valence electrons. The number of fused-ring (bicyclic) bond motifs is 3. The second-order valence-corrected chi connectivity index (χ2v) is 5.49. The van der Waals surface area contributed by atoms with Crippen LogP contribution in [0.15, 0.2) is 29.1 Å². The third kappa shape index (κ3) is 2.72. The molecule has 0 saturated carbocycles. The largest absolute Gasteiger partial charge is 0.481 e. The van der Waals surface area contributed by atoms with Crippen LogP contribution in [0.4, 0.5) is 5.69 Å². The Morgan fingerprint density at radius 2 is 2.05 bits per heavy atom. The van der Waals surface area contributed by atoms with Gasteiger partial charge in [-0.1, -0.05) is 6.07 Å². The second kappa shape index (κ2) is 5.63. The lowest BCUT2D eigenvalue weighted by Crippen LogP contribution is -2.25. The highest BCUT2D eigenvalue weighted by Gasteiger charge is 2.19. The number of hydrogen-bond acceptors (Lipinski definition) is 4. The summed E-state index contributed by atoms with van der Waals surface area (Å²) < 4.78 is 1.35. The molecule has 6 heteroatoms. The van der Waals surface area contributed by atoms with Crippen LogP contribution in [-0.2, 0) is 24.2 Å². The average Bonchev–Trinajstić information content (AvgIpc) is 2.47. The van der Waals surface area contributed by atoms with Crippen LogP contribution in [0.25, 0.3) is 11.3 Å². The van der Waals surface area contributed by atoms with E-state index in [1.807, 2.05) is 18.2 Å². The fourth-order valence-corrected chi connectivity index (χ4v) is 2.80. The number of benzene rings is 1. The molecule has 6 nitrogen and oxygen atoms in total. The van der Waals surface area contributed by atoms with Gasteiger partial charge in [-0.25, -0.2) is 4.68 Å². The molecule has 3 N–H and O–H groups in total. The summed E-state index contributed by atoms with van der Waals surface area (Å²) in [5.74, 6) is -0.869. The van der Waals surface area contributed by atoms with Crippen LogP contribution in [0.2, 0.25) is 0 Å². The number of nitrogens with zero attached hydrogens (tertiary/aromatic N) is 2. The topological polar surface area (TPSA) is 98.2 Å². The Labute approximate surface area is 127 Å².